The van der Waals surface area contributed by atoms with Crippen LogP contribution in [0.4, 0.5) is 0 Å². The van der Waals surface area contributed by atoms with Gasteiger partial charge in [0.15, 0.2) is 0 Å². The molecule has 0 amide bonds. The minimum absolute atomic E-state index is 1.23. The van der Waals surface area contributed by atoms with Crippen molar-refractivity contribution in [3.8, 4) is 0 Å². The van der Waals surface area contributed by atoms with Gasteiger partial charge in [-0.2, -0.15) is 0 Å². The van der Waals surface area contributed by atoms with Gasteiger partial charge >= 0.3 is 0 Å². The molecule has 0 aromatic carbocycles. The van der Waals surface area contributed by atoms with Crippen molar-refractivity contribution in [2.24, 2.45) is 0 Å². The maximum absolute atomic E-state index is 2.62. The first-order chi connectivity index (χ1) is 22.3. The van der Waals surface area contributed by atoms with Crippen molar-refractivity contribution < 1.29 is 4.57 Å². The predicted molar refractivity (Wildman–Crippen MR) is 202 cm³/mol. The molecule has 2 heteroatoms. The molecule has 0 aliphatic rings. The van der Waals surface area contributed by atoms with E-state index in [1.807, 2.05) is 0 Å². The monoisotopic (exact) mass is 630 g/mol. The molecule has 0 spiro atoms. The summed E-state index contributed by atoms with van der Waals surface area (Å²) in [5.74, 6) is 1.61. The molecule has 2 nitrogen and oxygen atoms in total. The largest absolute Gasteiger partial charge is 0.256 e. The molecule has 0 unspecified atom stereocenters. The van der Waals surface area contributed by atoms with Crippen LogP contribution < -0.4 is 4.57 Å². The second-order valence-electron chi connectivity index (χ2n) is 14.8. The Kier molecular flexibility index (Phi) is 32.4. The molecule has 1 heterocycles. The Morgan fingerprint density at radius 1 is 0.378 bits per heavy atom. The summed E-state index contributed by atoms with van der Waals surface area (Å²) in [6, 6.07) is 0. The van der Waals surface area contributed by atoms with E-state index in [-0.39, 0.29) is 0 Å². The lowest BCUT2D eigenvalue weighted by atomic mass is 10.0. The third-order valence-electron chi connectivity index (χ3n) is 10.3. The van der Waals surface area contributed by atoms with Crippen LogP contribution in [0.1, 0.15) is 245 Å². The van der Waals surface area contributed by atoms with E-state index in [2.05, 4.69) is 42.3 Å². The quantitative estimate of drug-likeness (QED) is 0.0511. The molecule has 45 heavy (non-hydrogen) atoms. The zero-order valence-electron chi connectivity index (χ0n) is 31.7. The standard InChI is InChI=1S/C43H85N2/c1-4-7-10-13-15-17-19-21-23-25-27-29-31-33-36-39-44-41-42-45(43(44)38-35-12-9-6-3)40-37-34-32-30-28-26-24-22-20-18-16-14-11-8-5-2/h41-42H,4-40H2,1-3H3/q+1. The van der Waals surface area contributed by atoms with Crippen LogP contribution in [0.15, 0.2) is 12.4 Å². The average Bonchev–Trinajstić information content (AvgIpc) is 3.44. The maximum atomic E-state index is 2.62. The Hall–Kier alpha value is -0.790. The van der Waals surface area contributed by atoms with Crippen LogP contribution >= 0.6 is 0 Å². The highest BCUT2D eigenvalue weighted by Crippen LogP contribution is 2.16. The zero-order chi connectivity index (χ0) is 32.3. The van der Waals surface area contributed by atoms with Gasteiger partial charge in [0.1, 0.15) is 12.4 Å². The normalized spacial score (nSPS) is 11.6. The molecule has 0 aliphatic heterocycles. The highest BCUT2D eigenvalue weighted by Gasteiger charge is 2.16. The fourth-order valence-corrected chi connectivity index (χ4v) is 7.21. The van der Waals surface area contributed by atoms with E-state index in [1.165, 1.54) is 238 Å². The lowest BCUT2D eigenvalue weighted by Crippen LogP contribution is -2.37. The summed E-state index contributed by atoms with van der Waals surface area (Å²) >= 11 is 0. The van der Waals surface area contributed by atoms with Gasteiger partial charge in [0.25, 0.3) is 5.82 Å². The second-order valence-corrected chi connectivity index (χ2v) is 14.8. The minimum atomic E-state index is 1.23. The number of aryl methyl sites for hydroxylation is 2. The van der Waals surface area contributed by atoms with Crippen molar-refractivity contribution in [2.75, 3.05) is 0 Å². The molecule has 0 fully saturated rings. The molecule has 0 aliphatic carbocycles. The van der Waals surface area contributed by atoms with Crippen LogP contribution in [-0.2, 0) is 19.5 Å². The van der Waals surface area contributed by atoms with Gasteiger partial charge in [0.2, 0.25) is 0 Å². The molecule has 0 saturated carbocycles. The van der Waals surface area contributed by atoms with Crippen LogP contribution in [0.25, 0.3) is 0 Å². The third-order valence-corrected chi connectivity index (χ3v) is 10.3. The number of aromatic nitrogens is 2. The van der Waals surface area contributed by atoms with Crippen LogP contribution in [0.5, 0.6) is 0 Å². The van der Waals surface area contributed by atoms with E-state index < -0.39 is 0 Å². The third kappa shape index (κ3) is 26.9. The predicted octanol–water partition coefficient (Wildman–Crippen LogP) is 14.6. The maximum Gasteiger partial charge on any atom is 0.256 e. The molecule has 0 N–H and O–H groups in total. The number of hydrogen-bond acceptors (Lipinski definition) is 0. The summed E-state index contributed by atoms with van der Waals surface area (Å²) < 4.78 is 5.25. The zero-order valence-corrected chi connectivity index (χ0v) is 31.7. The van der Waals surface area contributed by atoms with E-state index in [4.69, 9.17) is 0 Å². The highest BCUT2D eigenvalue weighted by atomic mass is 15.1. The second kappa shape index (κ2) is 34.5. The van der Waals surface area contributed by atoms with Crippen molar-refractivity contribution in [1.82, 2.24) is 4.57 Å². The minimum Gasteiger partial charge on any atom is -0.234 e. The fourth-order valence-electron chi connectivity index (χ4n) is 7.21. The summed E-state index contributed by atoms with van der Waals surface area (Å²) in [5, 5.41) is 0. The lowest BCUT2D eigenvalue weighted by molar-refractivity contribution is -0.704. The molecule has 1 aromatic rings. The number of unbranched alkanes of at least 4 members (excludes halogenated alkanes) is 31. The first kappa shape index (κ1) is 42.2. The Labute approximate surface area is 285 Å². The average molecular weight is 630 g/mol. The van der Waals surface area contributed by atoms with Crippen LogP contribution in [0.2, 0.25) is 0 Å². The summed E-state index contributed by atoms with van der Waals surface area (Å²) in [6.07, 6.45) is 54.9. The summed E-state index contributed by atoms with van der Waals surface area (Å²) in [6.45, 7) is 9.41. The Balaban J connectivity index is 2.12. The van der Waals surface area contributed by atoms with Gasteiger partial charge < -0.3 is 0 Å². The number of nitrogens with zero attached hydrogens (tertiary/aromatic N) is 2. The van der Waals surface area contributed by atoms with Gasteiger partial charge in [-0.1, -0.05) is 207 Å². The van der Waals surface area contributed by atoms with Gasteiger partial charge in [-0.15, -0.1) is 0 Å². The topological polar surface area (TPSA) is 8.81 Å². The van der Waals surface area contributed by atoms with E-state index in [0.29, 0.717) is 0 Å². The van der Waals surface area contributed by atoms with Crippen molar-refractivity contribution in [2.45, 2.75) is 259 Å². The number of imidazole rings is 1. The van der Waals surface area contributed by atoms with Crippen molar-refractivity contribution in [3.05, 3.63) is 18.2 Å². The SMILES string of the molecule is CCCCCCCCCCCCCCCCCn1cc[n+](CCCCCCCCCCCCCCCCC)c1CCCCCC. The smallest absolute Gasteiger partial charge is 0.234 e. The Morgan fingerprint density at radius 2 is 0.689 bits per heavy atom. The van der Waals surface area contributed by atoms with E-state index >= 15 is 0 Å². The Morgan fingerprint density at radius 3 is 1.07 bits per heavy atom. The van der Waals surface area contributed by atoms with Gasteiger partial charge in [0, 0.05) is 6.42 Å². The van der Waals surface area contributed by atoms with E-state index in [9.17, 15) is 0 Å². The molecule has 1 rings (SSSR count). The summed E-state index contributed by atoms with van der Waals surface area (Å²) in [4.78, 5) is 0. The molecule has 0 radical (unpaired) electrons. The van der Waals surface area contributed by atoms with Gasteiger partial charge in [-0.25, -0.2) is 9.13 Å². The van der Waals surface area contributed by atoms with Crippen LogP contribution in [-0.4, -0.2) is 4.57 Å². The molecule has 0 atom stereocenters. The van der Waals surface area contributed by atoms with Crippen LogP contribution in [0, 0.1) is 0 Å². The van der Waals surface area contributed by atoms with E-state index in [1.54, 1.807) is 5.82 Å². The summed E-state index contributed by atoms with van der Waals surface area (Å²) in [5.41, 5.74) is 0. The lowest BCUT2D eigenvalue weighted by Gasteiger charge is -2.07. The van der Waals surface area contributed by atoms with Crippen molar-refractivity contribution >= 4 is 0 Å². The van der Waals surface area contributed by atoms with Crippen molar-refractivity contribution in [1.29, 1.82) is 0 Å². The van der Waals surface area contributed by atoms with Crippen LogP contribution in [0.3, 0.4) is 0 Å². The molecular formula is C43H85N2+. The van der Waals surface area contributed by atoms with Crippen molar-refractivity contribution in [3.63, 3.8) is 0 Å². The Bertz CT molecular complexity index is 641. The van der Waals surface area contributed by atoms with Gasteiger partial charge in [-0.3, -0.25) is 0 Å². The first-order valence-electron chi connectivity index (χ1n) is 21.4. The number of rotatable bonds is 37. The van der Waals surface area contributed by atoms with Gasteiger partial charge in [0.05, 0.1) is 13.1 Å². The number of hydrogen-bond donors (Lipinski definition) is 0. The fraction of sp³-hybridized carbons (Fsp3) is 0.930. The van der Waals surface area contributed by atoms with Gasteiger partial charge in [-0.05, 0) is 32.1 Å². The molecular weight excluding hydrogens is 544 g/mol. The van der Waals surface area contributed by atoms with E-state index in [0.717, 1.165) is 0 Å². The summed E-state index contributed by atoms with van der Waals surface area (Å²) in [7, 11) is 0. The highest BCUT2D eigenvalue weighted by molar-refractivity contribution is 4.84. The molecule has 0 saturated heterocycles. The molecule has 266 valence electrons. The first-order valence-corrected chi connectivity index (χ1v) is 21.4. The molecule has 1 aromatic heterocycles. The molecule has 0 bridgehead atoms.